The summed E-state index contributed by atoms with van der Waals surface area (Å²) in [5.41, 5.74) is 3.59. The van der Waals surface area contributed by atoms with E-state index < -0.39 is 7.92 Å². The van der Waals surface area contributed by atoms with Gasteiger partial charge in [0.25, 0.3) is 0 Å². The van der Waals surface area contributed by atoms with Gasteiger partial charge in [-0.2, -0.15) is 0 Å². The average molecular weight is 350 g/mol. The third-order valence-corrected chi connectivity index (χ3v) is 6.39. The highest BCUT2D eigenvalue weighted by atomic mass is 31.1. The van der Waals surface area contributed by atoms with Crippen LogP contribution in [0.2, 0.25) is 0 Å². The third-order valence-electron chi connectivity index (χ3n) is 4.37. The van der Waals surface area contributed by atoms with Crippen LogP contribution >= 0.6 is 7.92 Å². The first-order valence-electron chi connectivity index (χ1n) is 9.80. The molecule has 0 atom stereocenters. The lowest BCUT2D eigenvalue weighted by atomic mass is 10.1. The van der Waals surface area contributed by atoms with Crippen LogP contribution in [-0.4, -0.2) is 0 Å². The topological polar surface area (TPSA) is 0 Å². The van der Waals surface area contributed by atoms with Gasteiger partial charge in [-0.05, 0) is 17.0 Å². The highest BCUT2D eigenvalue weighted by molar-refractivity contribution is 7.77. The van der Waals surface area contributed by atoms with Crippen molar-refractivity contribution >= 4 is 18.5 Å². The molecule has 0 aliphatic carbocycles. The molecule has 0 aliphatic rings. The van der Waals surface area contributed by atoms with Gasteiger partial charge in [0, 0.05) is 14.3 Å². The van der Waals surface area contributed by atoms with Crippen LogP contribution < -0.4 is 10.6 Å². The minimum atomic E-state index is -0.547. The normalized spacial score (nSPS) is 10.5. The number of hydrogen-bond acceptors (Lipinski definition) is 0. The fraction of sp³-hybridized carbons (Fsp3) is 0.417. The third kappa shape index (κ3) is 7.90. The van der Waals surface area contributed by atoms with Gasteiger partial charge in [-0.1, -0.05) is 124 Å². The van der Waals surface area contributed by atoms with Crippen molar-refractivity contribution in [2.75, 3.05) is 0 Å². The van der Waals surface area contributed by atoms with Crippen molar-refractivity contribution in [2.24, 2.45) is 0 Å². The molecule has 0 radical (unpaired) electrons. The maximum Gasteiger partial charge on any atom is 0.0344 e. The molecule has 2 aromatic rings. The molecule has 0 saturated heterocycles. The minimum absolute atomic E-state index is 0.547. The number of unbranched alkanes of at least 4 members (excludes halogenated alkanes) is 8. The molecule has 0 nitrogen and oxygen atoms in total. The molecule has 25 heavy (non-hydrogen) atoms. The first-order chi connectivity index (χ1) is 12.4. The Hall–Kier alpha value is -1.57. The average Bonchev–Trinajstić information content (AvgIpc) is 2.67. The van der Waals surface area contributed by atoms with Crippen molar-refractivity contribution in [2.45, 2.75) is 64.7 Å². The molecule has 2 rings (SSSR count). The van der Waals surface area contributed by atoms with E-state index in [2.05, 4.69) is 79.2 Å². The summed E-state index contributed by atoms with van der Waals surface area (Å²) in [5, 5.41) is 2.71. The van der Waals surface area contributed by atoms with Gasteiger partial charge in [-0.3, -0.25) is 0 Å². The summed E-state index contributed by atoms with van der Waals surface area (Å²) in [6.07, 6.45) is 11.9. The minimum Gasteiger partial charge on any atom is -0.0980 e. The lowest BCUT2D eigenvalue weighted by Gasteiger charge is -2.11. The van der Waals surface area contributed by atoms with Gasteiger partial charge in [0.05, 0.1) is 0 Å². The van der Waals surface area contributed by atoms with Crippen LogP contribution in [0.5, 0.6) is 0 Å². The standard InChI is InChI=1S/C24H31P/c1-2-3-4-5-6-7-8-9-10-17-22-25(23-18-13-11-14-19-23)24-20-15-12-16-21-24/h11-16,18-21H,2-10H2,1H3. The molecule has 0 fully saturated rings. The van der Waals surface area contributed by atoms with Crippen molar-refractivity contribution in [3.8, 4) is 11.6 Å². The van der Waals surface area contributed by atoms with E-state index in [0.717, 1.165) is 6.42 Å². The summed E-state index contributed by atoms with van der Waals surface area (Å²) in [7, 11) is -0.547. The molecule has 0 N–H and O–H groups in total. The van der Waals surface area contributed by atoms with Gasteiger partial charge in [0.1, 0.15) is 0 Å². The Bertz CT molecular complexity index is 582. The molecule has 0 saturated carbocycles. The summed E-state index contributed by atoms with van der Waals surface area (Å²) in [5.74, 6) is 3.47. The zero-order chi connectivity index (χ0) is 17.6. The molecule has 0 aliphatic heterocycles. The predicted molar refractivity (Wildman–Crippen MR) is 114 cm³/mol. The Morgan fingerprint density at radius 2 is 1.12 bits per heavy atom. The number of rotatable bonds is 10. The van der Waals surface area contributed by atoms with E-state index in [1.54, 1.807) is 0 Å². The second-order valence-electron chi connectivity index (χ2n) is 6.52. The molecule has 2 aromatic carbocycles. The lowest BCUT2D eigenvalue weighted by Crippen LogP contribution is -2.09. The van der Waals surface area contributed by atoms with Crippen LogP contribution in [0.25, 0.3) is 0 Å². The summed E-state index contributed by atoms with van der Waals surface area (Å²) >= 11 is 0. The summed E-state index contributed by atoms with van der Waals surface area (Å²) in [4.78, 5) is 0. The van der Waals surface area contributed by atoms with Gasteiger partial charge in [0.15, 0.2) is 0 Å². The molecule has 0 amide bonds. The molecule has 0 unspecified atom stereocenters. The first kappa shape index (κ1) is 19.8. The van der Waals surface area contributed by atoms with Gasteiger partial charge >= 0.3 is 0 Å². The largest absolute Gasteiger partial charge is 0.0980 e. The van der Waals surface area contributed by atoms with E-state index in [0.29, 0.717) is 0 Å². The van der Waals surface area contributed by atoms with Crippen molar-refractivity contribution in [1.82, 2.24) is 0 Å². The molecule has 0 spiro atoms. The molecule has 0 heterocycles. The fourth-order valence-electron chi connectivity index (χ4n) is 2.91. The maximum absolute atomic E-state index is 3.59. The lowest BCUT2D eigenvalue weighted by molar-refractivity contribution is 0.579. The summed E-state index contributed by atoms with van der Waals surface area (Å²) in [6.45, 7) is 2.28. The zero-order valence-corrected chi connectivity index (χ0v) is 16.5. The SMILES string of the molecule is CCCCCCCCCCC#CP(c1ccccc1)c1ccccc1. The molecular weight excluding hydrogens is 319 g/mol. The Kier molecular flexibility index (Phi) is 10.1. The van der Waals surface area contributed by atoms with Crippen LogP contribution in [-0.2, 0) is 0 Å². The van der Waals surface area contributed by atoms with Crippen molar-refractivity contribution in [3.05, 3.63) is 60.7 Å². The van der Waals surface area contributed by atoms with Gasteiger partial charge in [-0.15, -0.1) is 0 Å². The quantitative estimate of drug-likeness (QED) is 0.257. The highest BCUT2D eigenvalue weighted by Gasteiger charge is 2.09. The van der Waals surface area contributed by atoms with E-state index in [1.807, 2.05) is 0 Å². The highest BCUT2D eigenvalue weighted by Crippen LogP contribution is 2.31. The smallest absolute Gasteiger partial charge is 0.0344 e. The number of hydrogen-bond donors (Lipinski definition) is 0. The van der Waals surface area contributed by atoms with E-state index >= 15 is 0 Å². The van der Waals surface area contributed by atoms with E-state index in [-0.39, 0.29) is 0 Å². The van der Waals surface area contributed by atoms with Gasteiger partial charge < -0.3 is 0 Å². The van der Waals surface area contributed by atoms with Crippen molar-refractivity contribution in [3.63, 3.8) is 0 Å². The summed E-state index contributed by atoms with van der Waals surface area (Å²) in [6, 6.07) is 21.5. The molecule has 0 bridgehead atoms. The van der Waals surface area contributed by atoms with Crippen LogP contribution in [0.15, 0.2) is 60.7 Å². The van der Waals surface area contributed by atoms with Crippen LogP contribution in [0, 0.1) is 11.6 Å². The second-order valence-corrected chi connectivity index (χ2v) is 8.45. The second kappa shape index (κ2) is 12.7. The maximum atomic E-state index is 3.59. The molecule has 0 aromatic heterocycles. The van der Waals surface area contributed by atoms with E-state index in [9.17, 15) is 0 Å². The first-order valence-corrected chi connectivity index (χ1v) is 11.1. The van der Waals surface area contributed by atoms with E-state index in [1.165, 1.54) is 62.0 Å². The predicted octanol–water partition coefficient (Wildman–Crippen LogP) is 6.61. The monoisotopic (exact) mass is 350 g/mol. The van der Waals surface area contributed by atoms with Gasteiger partial charge in [-0.25, -0.2) is 0 Å². The molecule has 132 valence electrons. The fourth-order valence-corrected chi connectivity index (χ4v) is 4.68. The zero-order valence-electron chi connectivity index (χ0n) is 15.6. The van der Waals surface area contributed by atoms with E-state index in [4.69, 9.17) is 0 Å². The Balaban J connectivity index is 1.80. The van der Waals surface area contributed by atoms with Crippen LogP contribution in [0.3, 0.4) is 0 Å². The van der Waals surface area contributed by atoms with Crippen molar-refractivity contribution in [1.29, 1.82) is 0 Å². The Labute approximate surface area is 155 Å². The van der Waals surface area contributed by atoms with Crippen molar-refractivity contribution < 1.29 is 0 Å². The Morgan fingerprint density at radius 3 is 1.64 bits per heavy atom. The molecular formula is C24H31P. The van der Waals surface area contributed by atoms with Crippen LogP contribution in [0.1, 0.15) is 64.7 Å². The van der Waals surface area contributed by atoms with Crippen LogP contribution in [0.4, 0.5) is 0 Å². The summed E-state index contributed by atoms with van der Waals surface area (Å²) < 4.78 is 0. The Morgan fingerprint density at radius 1 is 0.640 bits per heavy atom. The van der Waals surface area contributed by atoms with Gasteiger partial charge in [0.2, 0.25) is 0 Å². The molecule has 1 heteroatoms. The number of benzene rings is 2.